The molecule has 0 aliphatic rings. The molecule has 0 aliphatic carbocycles. The molecule has 2 heteroatoms. The van der Waals surface area contributed by atoms with Gasteiger partial charge in [-0.15, -0.1) is 0 Å². The molecule has 0 fully saturated rings. The summed E-state index contributed by atoms with van der Waals surface area (Å²) in [6.07, 6.45) is 1.07. The molecule has 0 saturated carbocycles. The van der Waals surface area contributed by atoms with Gasteiger partial charge < -0.3 is 5.73 Å². The van der Waals surface area contributed by atoms with Crippen LogP contribution in [0.1, 0.15) is 13.3 Å². The van der Waals surface area contributed by atoms with Crippen LogP contribution in [0.2, 0.25) is 0 Å². The van der Waals surface area contributed by atoms with Gasteiger partial charge >= 0.3 is 0 Å². The van der Waals surface area contributed by atoms with Crippen LogP contribution in [0.5, 0.6) is 0 Å². The number of nitrogens with two attached hydrogens (primary N) is 1. The lowest BCUT2D eigenvalue weighted by atomic mass is 10.3. The van der Waals surface area contributed by atoms with Crippen molar-refractivity contribution in [3.63, 3.8) is 0 Å². The Bertz CT molecular complexity index is 26.7. The number of hydrogen-bond donors (Lipinski definition) is 2. The molecule has 0 aromatic rings. The highest BCUT2D eigenvalue weighted by Gasteiger charge is 1.90. The molecule has 0 aliphatic heterocycles. The van der Waals surface area contributed by atoms with E-state index in [4.69, 9.17) is 5.73 Å². The number of rotatable bonds is 2. The molecular formula is C4H11NS. The van der Waals surface area contributed by atoms with Crippen molar-refractivity contribution in [3.8, 4) is 0 Å². The smallest absolute Gasteiger partial charge is 0.0137 e. The molecule has 0 aromatic heterocycles. The van der Waals surface area contributed by atoms with Crippen LogP contribution in [-0.4, -0.2) is 11.8 Å². The van der Waals surface area contributed by atoms with Crippen molar-refractivity contribution in [1.29, 1.82) is 0 Å². The second kappa shape index (κ2) is 3.50. The Labute approximate surface area is 44.3 Å². The summed E-state index contributed by atoms with van der Waals surface area (Å²) in [7, 11) is 0. The van der Waals surface area contributed by atoms with Gasteiger partial charge in [0.15, 0.2) is 0 Å². The van der Waals surface area contributed by atoms with Crippen molar-refractivity contribution in [2.45, 2.75) is 18.6 Å². The van der Waals surface area contributed by atoms with Gasteiger partial charge in [-0.05, 0) is 6.42 Å². The largest absolute Gasteiger partial charge is 0.329 e. The van der Waals surface area contributed by atoms with Crippen molar-refractivity contribution in [3.05, 3.63) is 0 Å². The van der Waals surface area contributed by atoms with E-state index in [1.807, 2.05) is 0 Å². The van der Waals surface area contributed by atoms with Gasteiger partial charge in [-0.3, -0.25) is 0 Å². The first-order chi connectivity index (χ1) is 2.81. The number of hydrogen-bond acceptors (Lipinski definition) is 2. The van der Waals surface area contributed by atoms with Gasteiger partial charge in [0, 0.05) is 11.8 Å². The van der Waals surface area contributed by atoms with Crippen molar-refractivity contribution in [2.24, 2.45) is 5.73 Å². The fraction of sp³-hybridized carbons (Fsp3) is 1.00. The Balaban J connectivity index is 2.75. The Morgan fingerprint density at radius 2 is 2.33 bits per heavy atom. The van der Waals surface area contributed by atoms with Crippen LogP contribution < -0.4 is 5.73 Å². The third-order valence-electron chi connectivity index (χ3n) is 0.743. The zero-order valence-electron chi connectivity index (χ0n) is 4.02. The standard InChI is InChI=1S/C4H11NS/c1-2-4(6)3-5/h4,6H,2-3,5H2,1H3. The molecule has 0 saturated heterocycles. The van der Waals surface area contributed by atoms with Gasteiger partial charge in [0.25, 0.3) is 0 Å². The molecule has 0 radical (unpaired) electrons. The van der Waals surface area contributed by atoms with Crippen LogP contribution in [0, 0.1) is 0 Å². The summed E-state index contributed by atoms with van der Waals surface area (Å²) in [5, 5.41) is 0.407. The highest BCUT2D eigenvalue weighted by atomic mass is 32.1. The maximum absolute atomic E-state index is 5.21. The summed E-state index contributed by atoms with van der Waals surface area (Å²) >= 11 is 4.10. The Kier molecular flexibility index (Phi) is 3.68. The first kappa shape index (κ1) is 6.31. The summed E-state index contributed by atoms with van der Waals surface area (Å²) < 4.78 is 0. The van der Waals surface area contributed by atoms with E-state index < -0.39 is 0 Å². The Morgan fingerprint density at radius 1 is 1.83 bits per heavy atom. The Morgan fingerprint density at radius 3 is 2.33 bits per heavy atom. The van der Waals surface area contributed by atoms with Crippen LogP contribution >= 0.6 is 12.6 Å². The summed E-state index contributed by atoms with van der Waals surface area (Å²) in [6.45, 7) is 2.77. The second-order valence-corrected chi connectivity index (χ2v) is 2.03. The van der Waals surface area contributed by atoms with Gasteiger partial charge in [-0.2, -0.15) is 12.6 Å². The van der Waals surface area contributed by atoms with E-state index >= 15 is 0 Å². The van der Waals surface area contributed by atoms with Crippen LogP contribution in [0.25, 0.3) is 0 Å². The zero-order valence-corrected chi connectivity index (χ0v) is 4.91. The van der Waals surface area contributed by atoms with E-state index in [2.05, 4.69) is 19.6 Å². The van der Waals surface area contributed by atoms with Gasteiger partial charge in [-0.1, -0.05) is 6.92 Å². The predicted molar refractivity (Wildman–Crippen MR) is 32.1 cm³/mol. The molecular weight excluding hydrogens is 94.1 g/mol. The van der Waals surface area contributed by atoms with Crippen molar-refractivity contribution in [2.75, 3.05) is 6.54 Å². The van der Waals surface area contributed by atoms with E-state index in [1.165, 1.54) is 0 Å². The first-order valence-corrected chi connectivity index (χ1v) is 2.71. The van der Waals surface area contributed by atoms with E-state index in [0.717, 1.165) is 6.42 Å². The monoisotopic (exact) mass is 105 g/mol. The Hall–Kier alpha value is 0.310. The molecule has 0 amide bonds. The summed E-state index contributed by atoms with van der Waals surface area (Å²) in [6, 6.07) is 0. The summed E-state index contributed by atoms with van der Waals surface area (Å²) in [5.41, 5.74) is 5.21. The van der Waals surface area contributed by atoms with E-state index in [1.54, 1.807) is 0 Å². The van der Waals surface area contributed by atoms with Gasteiger partial charge in [-0.25, -0.2) is 0 Å². The molecule has 1 nitrogen and oxygen atoms in total. The van der Waals surface area contributed by atoms with E-state index in [-0.39, 0.29) is 0 Å². The van der Waals surface area contributed by atoms with Crippen molar-refractivity contribution < 1.29 is 0 Å². The first-order valence-electron chi connectivity index (χ1n) is 2.19. The highest BCUT2D eigenvalue weighted by Crippen LogP contribution is 1.94. The van der Waals surface area contributed by atoms with Crippen LogP contribution in [0.3, 0.4) is 0 Å². The lowest BCUT2D eigenvalue weighted by Crippen LogP contribution is -2.12. The zero-order chi connectivity index (χ0) is 4.99. The van der Waals surface area contributed by atoms with Crippen LogP contribution in [-0.2, 0) is 0 Å². The van der Waals surface area contributed by atoms with Crippen molar-refractivity contribution >= 4 is 12.6 Å². The fourth-order valence-electron chi connectivity index (χ4n) is 0.167. The minimum absolute atomic E-state index is 0.407. The van der Waals surface area contributed by atoms with Gasteiger partial charge in [0.1, 0.15) is 0 Å². The fourth-order valence-corrected chi connectivity index (χ4v) is 0.167. The van der Waals surface area contributed by atoms with Gasteiger partial charge in [0.2, 0.25) is 0 Å². The lowest BCUT2D eigenvalue weighted by Gasteiger charge is -1.98. The average Bonchev–Trinajstić information content (AvgIpc) is 1.65. The molecule has 6 heavy (non-hydrogen) atoms. The molecule has 38 valence electrons. The topological polar surface area (TPSA) is 26.0 Å². The molecule has 1 atom stereocenters. The molecule has 0 bridgehead atoms. The minimum atomic E-state index is 0.407. The maximum atomic E-state index is 5.21. The van der Waals surface area contributed by atoms with Gasteiger partial charge in [0.05, 0.1) is 0 Å². The lowest BCUT2D eigenvalue weighted by molar-refractivity contribution is 0.833. The molecule has 0 aromatic carbocycles. The third-order valence-corrected chi connectivity index (χ3v) is 1.32. The third kappa shape index (κ3) is 2.54. The SMILES string of the molecule is CCC(S)CN. The molecule has 0 heterocycles. The molecule has 0 spiro atoms. The predicted octanol–water partition coefficient (Wildman–Crippen LogP) is 0.654. The maximum Gasteiger partial charge on any atom is 0.0137 e. The minimum Gasteiger partial charge on any atom is -0.329 e. The molecule has 0 rings (SSSR count). The van der Waals surface area contributed by atoms with E-state index in [9.17, 15) is 0 Å². The summed E-state index contributed by atoms with van der Waals surface area (Å²) in [4.78, 5) is 0. The quantitative estimate of drug-likeness (QED) is 0.495. The van der Waals surface area contributed by atoms with Crippen LogP contribution in [0.15, 0.2) is 0 Å². The average molecular weight is 105 g/mol. The highest BCUT2D eigenvalue weighted by molar-refractivity contribution is 7.81. The second-order valence-electron chi connectivity index (χ2n) is 1.30. The van der Waals surface area contributed by atoms with E-state index in [0.29, 0.717) is 11.8 Å². The van der Waals surface area contributed by atoms with Crippen LogP contribution in [0.4, 0.5) is 0 Å². The summed E-state index contributed by atoms with van der Waals surface area (Å²) in [5.74, 6) is 0. The normalized spacial score (nSPS) is 14.5. The molecule has 2 N–H and O–H groups in total. The number of thiol groups is 1. The molecule has 1 unspecified atom stereocenters. The van der Waals surface area contributed by atoms with Crippen molar-refractivity contribution in [1.82, 2.24) is 0 Å².